The Morgan fingerprint density at radius 2 is 2.20 bits per heavy atom. The maximum absolute atomic E-state index is 11.3. The molecule has 112 valence electrons. The minimum atomic E-state index is 0.202. The summed E-state index contributed by atoms with van der Waals surface area (Å²) in [6.45, 7) is 4.40. The molecule has 0 bridgehead atoms. The van der Waals surface area contributed by atoms with Gasteiger partial charge in [0.15, 0.2) is 0 Å². The zero-order chi connectivity index (χ0) is 14.5. The van der Waals surface area contributed by atoms with Gasteiger partial charge in [0.25, 0.3) is 0 Å². The molecular formula is C15H25N3OS. The third-order valence-electron chi connectivity index (χ3n) is 4.04. The summed E-state index contributed by atoms with van der Waals surface area (Å²) in [5.74, 6) is 0.202. The SMILES string of the molecule is CC(=O)N1CCC(NCC(c2cccs2)N(C)C)CC1. The van der Waals surface area contributed by atoms with E-state index in [2.05, 4.69) is 41.8 Å². The molecule has 1 aromatic heterocycles. The number of likely N-dealkylation sites (tertiary alicyclic amines) is 1. The van der Waals surface area contributed by atoms with Crippen molar-refractivity contribution in [3.63, 3.8) is 0 Å². The van der Waals surface area contributed by atoms with Crippen molar-refractivity contribution >= 4 is 17.2 Å². The largest absolute Gasteiger partial charge is 0.343 e. The molecular weight excluding hydrogens is 270 g/mol. The molecule has 1 N–H and O–H groups in total. The van der Waals surface area contributed by atoms with E-state index in [1.54, 1.807) is 6.92 Å². The minimum absolute atomic E-state index is 0.202. The minimum Gasteiger partial charge on any atom is -0.343 e. The number of likely N-dealkylation sites (N-methyl/N-ethyl adjacent to an activating group) is 1. The average Bonchev–Trinajstić information content (AvgIpc) is 2.93. The molecule has 1 aliphatic rings. The predicted octanol–water partition coefficient (Wildman–Crippen LogP) is 1.95. The Bertz CT molecular complexity index is 411. The standard InChI is InChI=1S/C15H25N3OS/c1-12(19)18-8-6-13(7-9-18)16-11-14(17(2)3)15-5-4-10-20-15/h4-5,10,13-14,16H,6-9,11H2,1-3H3. The number of amides is 1. The molecule has 20 heavy (non-hydrogen) atoms. The van der Waals surface area contributed by atoms with Crippen LogP contribution in [0.15, 0.2) is 17.5 Å². The van der Waals surface area contributed by atoms with Crippen molar-refractivity contribution in [2.24, 2.45) is 0 Å². The molecule has 2 rings (SSSR count). The summed E-state index contributed by atoms with van der Waals surface area (Å²) in [5.41, 5.74) is 0. The Hall–Kier alpha value is -0.910. The average molecular weight is 295 g/mol. The molecule has 0 aromatic carbocycles. The van der Waals surface area contributed by atoms with E-state index in [0.717, 1.165) is 32.5 Å². The van der Waals surface area contributed by atoms with E-state index in [1.807, 2.05) is 16.2 Å². The number of rotatable bonds is 5. The van der Waals surface area contributed by atoms with E-state index >= 15 is 0 Å². The molecule has 1 atom stereocenters. The number of carbonyl (C=O) groups is 1. The zero-order valence-corrected chi connectivity index (χ0v) is 13.4. The van der Waals surface area contributed by atoms with Crippen LogP contribution in [0.3, 0.4) is 0 Å². The number of carbonyl (C=O) groups excluding carboxylic acids is 1. The lowest BCUT2D eigenvalue weighted by Crippen LogP contribution is -2.46. The second kappa shape index (κ2) is 7.20. The van der Waals surface area contributed by atoms with Crippen LogP contribution in [-0.2, 0) is 4.79 Å². The summed E-state index contributed by atoms with van der Waals surface area (Å²) in [4.78, 5) is 16.9. The number of nitrogens with zero attached hydrogens (tertiary/aromatic N) is 2. The number of piperidine rings is 1. The van der Waals surface area contributed by atoms with Gasteiger partial charge in [-0.05, 0) is 38.4 Å². The van der Waals surface area contributed by atoms with Crippen molar-refractivity contribution in [3.05, 3.63) is 22.4 Å². The molecule has 2 heterocycles. The van der Waals surface area contributed by atoms with Crippen LogP contribution in [0.5, 0.6) is 0 Å². The monoisotopic (exact) mass is 295 g/mol. The first-order valence-corrected chi connectivity index (χ1v) is 8.14. The van der Waals surface area contributed by atoms with Crippen molar-refractivity contribution in [1.29, 1.82) is 0 Å². The van der Waals surface area contributed by atoms with Crippen molar-refractivity contribution in [2.75, 3.05) is 33.7 Å². The van der Waals surface area contributed by atoms with Crippen LogP contribution in [0.4, 0.5) is 0 Å². The van der Waals surface area contributed by atoms with E-state index in [4.69, 9.17) is 0 Å². The van der Waals surface area contributed by atoms with Gasteiger partial charge < -0.3 is 15.1 Å². The highest BCUT2D eigenvalue weighted by Crippen LogP contribution is 2.23. The fourth-order valence-corrected chi connectivity index (χ4v) is 3.62. The van der Waals surface area contributed by atoms with Gasteiger partial charge in [-0.1, -0.05) is 6.07 Å². The third-order valence-corrected chi connectivity index (χ3v) is 5.01. The van der Waals surface area contributed by atoms with Gasteiger partial charge in [0.1, 0.15) is 0 Å². The maximum atomic E-state index is 11.3. The first kappa shape index (κ1) is 15.5. The van der Waals surface area contributed by atoms with E-state index in [1.165, 1.54) is 4.88 Å². The highest BCUT2D eigenvalue weighted by atomic mass is 32.1. The van der Waals surface area contributed by atoms with Crippen LogP contribution in [0.25, 0.3) is 0 Å². The van der Waals surface area contributed by atoms with Crippen LogP contribution in [0.1, 0.15) is 30.7 Å². The lowest BCUT2D eigenvalue weighted by molar-refractivity contribution is -0.129. The van der Waals surface area contributed by atoms with Crippen LogP contribution < -0.4 is 5.32 Å². The fraction of sp³-hybridized carbons (Fsp3) is 0.667. The summed E-state index contributed by atoms with van der Waals surface area (Å²) in [7, 11) is 4.26. The van der Waals surface area contributed by atoms with Crippen molar-refractivity contribution < 1.29 is 4.79 Å². The number of hydrogen-bond donors (Lipinski definition) is 1. The highest BCUT2D eigenvalue weighted by molar-refractivity contribution is 7.10. The van der Waals surface area contributed by atoms with Crippen LogP contribution in [0.2, 0.25) is 0 Å². The summed E-state index contributed by atoms with van der Waals surface area (Å²) in [6.07, 6.45) is 2.12. The Morgan fingerprint density at radius 1 is 1.50 bits per heavy atom. The molecule has 1 saturated heterocycles. The Kier molecular flexibility index (Phi) is 5.57. The summed E-state index contributed by atoms with van der Waals surface area (Å²) < 4.78 is 0. The van der Waals surface area contributed by atoms with E-state index in [0.29, 0.717) is 12.1 Å². The van der Waals surface area contributed by atoms with Crippen LogP contribution >= 0.6 is 11.3 Å². The third kappa shape index (κ3) is 4.04. The van der Waals surface area contributed by atoms with Gasteiger partial charge in [-0.3, -0.25) is 4.79 Å². The van der Waals surface area contributed by atoms with E-state index in [9.17, 15) is 4.79 Å². The molecule has 0 saturated carbocycles. The van der Waals surface area contributed by atoms with Gasteiger partial charge in [-0.2, -0.15) is 0 Å². The second-order valence-corrected chi connectivity index (χ2v) is 6.66. The number of hydrogen-bond acceptors (Lipinski definition) is 4. The second-order valence-electron chi connectivity index (χ2n) is 5.68. The van der Waals surface area contributed by atoms with Crippen molar-refractivity contribution in [2.45, 2.75) is 31.8 Å². The molecule has 0 aliphatic carbocycles. The van der Waals surface area contributed by atoms with Gasteiger partial charge in [0.2, 0.25) is 5.91 Å². The number of thiophene rings is 1. The predicted molar refractivity (Wildman–Crippen MR) is 84.0 cm³/mol. The van der Waals surface area contributed by atoms with Gasteiger partial charge in [-0.15, -0.1) is 11.3 Å². The van der Waals surface area contributed by atoms with Crippen LogP contribution in [0, 0.1) is 0 Å². The Balaban J connectivity index is 1.81. The summed E-state index contributed by atoms with van der Waals surface area (Å²) in [6, 6.07) is 5.28. The lowest BCUT2D eigenvalue weighted by atomic mass is 10.0. The first-order chi connectivity index (χ1) is 9.58. The summed E-state index contributed by atoms with van der Waals surface area (Å²) >= 11 is 1.82. The first-order valence-electron chi connectivity index (χ1n) is 7.26. The Morgan fingerprint density at radius 3 is 2.70 bits per heavy atom. The normalized spacial score (nSPS) is 18.5. The smallest absolute Gasteiger partial charge is 0.219 e. The van der Waals surface area contributed by atoms with E-state index < -0.39 is 0 Å². The lowest BCUT2D eigenvalue weighted by Gasteiger charge is -2.33. The van der Waals surface area contributed by atoms with Gasteiger partial charge in [0, 0.05) is 37.5 Å². The number of nitrogens with one attached hydrogen (secondary N) is 1. The van der Waals surface area contributed by atoms with Gasteiger partial charge in [0.05, 0.1) is 6.04 Å². The topological polar surface area (TPSA) is 35.6 Å². The van der Waals surface area contributed by atoms with Crippen LogP contribution in [-0.4, -0.2) is 55.5 Å². The van der Waals surface area contributed by atoms with Gasteiger partial charge in [-0.25, -0.2) is 0 Å². The molecule has 0 spiro atoms. The molecule has 1 fully saturated rings. The molecule has 5 heteroatoms. The van der Waals surface area contributed by atoms with E-state index in [-0.39, 0.29) is 5.91 Å². The maximum Gasteiger partial charge on any atom is 0.219 e. The molecule has 1 aromatic rings. The zero-order valence-electron chi connectivity index (χ0n) is 12.6. The Labute approximate surface area is 125 Å². The fourth-order valence-electron chi connectivity index (χ4n) is 2.70. The molecule has 1 aliphatic heterocycles. The molecule has 0 radical (unpaired) electrons. The quantitative estimate of drug-likeness (QED) is 0.902. The highest BCUT2D eigenvalue weighted by Gasteiger charge is 2.22. The molecule has 1 amide bonds. The van der Waals surface area contributed by atoms with Crippen molar-refractivity contribution in [3.8, 4) is 0 Å². The molecule has 1 unspecified atom stereocenters. The summed E-state index contributed by atoms with van der Waals surface area (Å²) in [5, 5.41) is 5.81. The molecule has 4 nitrogen and oxygen atoms in total. The van der Waals surface area contributed by atoms with Crippen molar-refractivity contribution in [1.82, 2.24) is 15.1 Å². The van der Waals surface area contributed by atoms with Gasteiger partial charge >= 0.3 is 0 Å².